The summed E-state index contributed by atoms with van der Waals surface area (Å²) in [6, 6.07) is 16.7. The Hall–Kier alpha value is -2.18. The van der Waals surface area contributed by atoms with E-state index in [9.17, 15) is 9.00 Å². The van der Waals surface area contributed by atoms with Gasteiger partial charge in [0.15, 0.2) is 6.23 Å². The molecule has 0 radical (unpaired) electrons. The number of hydrogen-bond donors (Lipinski definition) is 0. The second-order valence-corrected chi connectivity index (χ2v) is 7.83. The second kappa shape index (κ2) is 6.61. The number of amides is 1. The molecule has 2 aromatic rings. The lowest BCUT2D eigenvalue weighted by Gasteiger charge is -2.23. The Balaban J connectivity index is 1.56. The van der Waals surface area contributed by atoms with Gasteiger partial charge in [0.05, 0.1) is 30.6 Å². The summed E-state index contributed by atoms with van der Waals surface area (Å²) >= 11 is 0. The predicted molar refractivity (Wildman–Crippen MR) is 93.6 cm³/mol. The van der Waals surface area contributed by atoms with Crippen molar-refractivity contribution >= 4 is 16.7 Å². The van der Waals surface area contributed by atoms with Crippen molar-refractivity contribution in [2.45, 2.75) is 28.8 Å². The summed E-state index contributed by atoms with van der Waals surface area (Å²) in [5, 5.41) is -0.503. The molecule has 2 fully saturated rings. The van der Waals surface area contributed by atoms with Crippen LogP contribution >= 0.6 is 0 Å². The van der Waals surface area contributed by atoms with E-state index in [1.807, 2.05) is 54.6 Å². The van der Waals surface area contributed by atoms with Crippen molar-refractivity contribution < 1.29 is 18.5 Å². The Morgan fingerprint density at radius 1 is 1.12 bits per heavy atom. The SMILES string of the molecule is COc1ccc([C@H]2OC[C@@H]3C[C@H](S(=O)c4ccccc4)C(=O)N32)cc1. The molecule has 0 aliphatic carbocycles. The molecule has 1 amide bonds. The Kier molecular flexibility index (Phi) is 4.31. The highest BCUT2D eigenvalue weighted by atomic mass is 32.2. The molecule has 2 aliphatic rings. The molecule has 5 nitrogen and oxygen atoms in total. The smallest absolute Gasteiger partial charge is 0.241 e. The molecular formula is C19H19NO4S. The summed E-state index contributed by atoms with van der Waals surface area (Å²) in [4.78, 5) is 15.4. The quantitative estimate of drug-likeness (QED) is 0.844. The highest BCUT2D eigenvalue weighted by Gasteiger charge is 2.50. The normalized spacial score (nSPS) is 26.5. The van der Waals surface area contributed by atoms with Crippen molar-refractivity contribution in [1.29, 1.82) is 0 Å². The van der Waals surface area contributed by atoms with Crippen LogP contribution in [-0.2, 0) is 20.3 Å². The Morgan fingerprint density at radius 3 is 2.52 bits per heavy atom. The van der Waals surface area contributed by atoms with Gasteiger partial charge < -0.3 is 14.4 Å². The lowest BCUT2D eigenvalue weighted by molar-refractivity contribution is -0.133. The largest absolute Gasteiger partial charge is 0.497 e. The van der Waals surface area contributed by atoms with Crippen LogP contribution in [0.1, 0.15) is 18.2 Å². The lowest BCUT2D eigenvalue weighted by atomic mass is 10.2. The number of carbonyl (C=O) groups excluding carboxylic acids is 1. The molecular weight excluding hydrogens is 338 g/mol. The Morgan fingerprint density at radius 2 is 1.84 bits per heavy atom. The van der Waals surface area contributed by atoms with Crippen LogP contribution < -0.4 is 4.74 Å². The molecule has 2 saturated heterocycles. The molecule has 2 aromatic carbocycles. The number of rotatable bonds is 4. The van der Waals surface area contributed by atoms with E-state index in [0.717, 1.165) is 11.3 Å². The molecule has 0 spiro atoms. The molecule has 6 heteroatoms. The topological polar surface area (TPSA) is 55.8 Å². The third-order valence-corrected chi connectivity index (χ3v) is 6.39. The van der Waals surface area contributed by atoms with Gasteiger partial charge in [-0.1, -0.05) is 30.3 Å². The van der Waals surface area contributed by atoms with E-state index in [4.69, 9.17) is 9.47 Å². The molecule has 0 bridgehead atoms. The van der Waals surface area contributed by atoms with Gasteiger partial charge in [0.25, 0.3) is 0 Å². The standard InChI is InChI=1S/C19H19NO4S/c1-23-15-9-7-13(8-10-15)19-20-14(12-24-19)11-17(18(20)21)25(22)16-5-3-2-4-6-16/h2-10,14,17,19H,11-12H2,1H3/t14-,17-,19+,25?/m0/s1. The van der Waals surface area contributed by atoms with Gasteiger partial charge in [0.1, 0.15) is 11.0 Å². The molecule has 4 atom stereocenters. The molecule has 2 heterocycles. The van der Waals surface area contributed by atoms with Crippen LogP contribution in [0.2, 0.25) is 0 Å². The third kappa shape index (κ3) is 2.85. The highest BCUT2D eigenvalue weighted by molar-refractivity contribution is 7.86. The molecule has 0 N–H and O–H groups in total. The zero-order valence-corrected chi connectivity index (χ0v) is 14.6. The molecule has 2 aliphatic heterocycles. The minimum Gasteiger partial charge on any atom is -0.497 e. The maximum absolute atomic E-state index is 12.9. The zero-order valence-electron chi connectivity index (χ0n) is 13.8. The van der Waals surface area contributed by atoms with Gasteiger partial charge in [0, 0.05) is 10.5 Å². The number of nitrogens with zero attached hydrogens (tertiary/aromatic N) is 1. The van der Waals surface area contributed by atoms with Gasteiger partial charge in [-0.05, 0) is 30.7 Å². The van der Waals surface area contributed by atoms with E-state index in [1.165, 1.54) is 0 Å². The third-order valence-electron chi connectivity index (χ3n) is 4.74. The van der Waals surface area contributed by atoms with Crippen LogP contribution in [0.4, 0.5) is 0 Å². The minimum atomic E-state index is -1.34. The summed E-state index contributed by atoms with van der Waals surface area (Å²) in [5.74, 6) is 0.666. The van der Waals surface area contributed by atoms with Gasteiger partial charge in [0.2, 0.25) is 5.91 Å². The minimum absolute atomic E-state index is 0.0164. The average Bonchev–Trinajstić information content (AvgIpc) is 3.22. The van der Waals surface area contributed by atoms with Crippen molar-refractivity contribution in [3.63, 3.8) is 0 Å². The van der Waals surface area contributed by atoms with E-state index in [2.05, 4.69) is 0 Å². The van der Waals surface area contributed by atoms with Gasteiger partial charge in [-0.15, -0.1) is 0 Å². The van der Waals surface area contributed by atoms with Gasteiger partial charge in [-0.3, -0.25) is 9.00 Å². The summed E-state index contributed by atoms with van der Waals surface area (Å²) in [7, 11) is 0.275. The van der Waals surface area contributed by atoms with Crippen LogP contribution in [0.15, 0.2) is 59.5 Å². The van der Waals surface area contributed by atoms with Crippen LogP contribution in [-0.4, -0.2) is 40.0 Å². The Labute approximate surface area is 149 Å². The maximum atomic E-state index is 12.9. The average molecular weight is 357 g/mol. The van der Waals surface area contributed by atoms with Gasteiger partial charge in [-0.2, -0.15) is 0 Å². The monoisotopic (exact) mass is 357 g/mol. The van der Waals surface area contributed by atoms with Gasteiger partial charge in [-0.25, -0.2) is 0 Å². The molecule has 130 valence electrons. The number of hydrogen-bond acceptors (Lipinski definition) is 4. The first-order valence-electron chi connectivity index (χ1n) is 8.22. The van der Waals surface area contributed by atoms with E-state index < -0.39 is 22.3 Å². The number of carbonyl (C=O) groups is 1. The van der Waals surface area contributed by atoms with Crippen molar-refractivity contribution in [3.8, 4) is 5.75 Å². The summed E-state index contributed by atoms with van der Waals surface area (Å²) in [5.41, 5.74) is 0.905. The van der Waals surface area contributed by atoms with E-state index in [0.29, 0.717) is 17.9 Å². The van der Waals surface area contributed by atoms with Crippen LogP contribution in [0.25, 0.3) is 0 Å². The first kappa shape index (κ1) is 16.3. The second-order valence-electron chi connectivity index (χ2n) is 6.19. The first-order valence-corrected chi connectivity index (χ1v) is 9.43. The fraction of sp³-hybridized carbons (Fsp3) is 0.316. The van der Waals surface area contributed by atoms with Crippen LogP contribution in [0.5, 0.6) is 5.75 Å². The molecule has 4 rings (SSSR count). The summed E-state index contributed by atoms with van der Waals surface area (Å²) in [6.07, 6.45) is 0.147. The fourth-order valence-corrected chi connectivity index (χ4v) is 4.92. The summed E-state index contributed by atoms with van der Waals surface area (Å²) < 4.78 is 23.8. The van der Waals surface area contributed by atoms with Crippen molar-refractivity contribution in [2.24, 2.45) is 0 Å². The van der Waals surface area contributed by atoms with E-state index >= 15 is 0 Å². The Bertz CT molecular complexity index is 793. The molecule has 0 saturated carbocycles. The van der Waals surface area contributed by atoms with E-state index in [1.54, 1.807) is 12.0 Å². The fourth-order valence-electron chi connectivity index (χ4n) is 3.47. The molecule has 0 aromatic heterocycles. The van der Waals surface area contributed by atoms with Crippen LogP contribution in [0, 0.1) is 0 Å². The first-order chi connectivity index (χ1) is 12.2. The van der Waals surface area contributed by atoms with E-state index in [-0.39, 0.29) is 11.9 Å². The predicted octanol–water partition coefficient (Wildman–Crippen LogP) is 2.50. The number of benzene rings is 2. The molecule has 1 unspecified atom stereocenters. The number of ether oxygens (including phenoxy) is 2. The zero-order chi connectivity index (χ0) is 17.4. The molecule has 25 heavy (non-hydrogen) atoms. The number of fused-ring (bicyclic) bond motifs is 1. The number of methoxy groups -OCH3 is 1. The lowest BCUT2D eigenvalue weighted by Crippen LogP contribution is -2.34. The highest BCUT2D eigenvalue weighted by Crippen LogP contribution is 2.39. The van der Waals surface area contributed by atoms with Gasteiger partial charge >= 0.3 is 0 Å². The van der Waals surface area contributed by atoms with Crippen molar-refractivity contribution in [3.05, 3.63) is 60.2 Å². The summed E-state index contributed by atoms with van der Waals surface area (Å²) in [6.45, 7) is 0.477. The van der Waals surface area contributed by atoms with Crippen LogP contribution in [0.3, 0.4) is 0 Å². The van der Waals surface area contributed by atoms with Crippen molar-refractivity contribution in [1.82, 2.24) is 4.90 Å². The van der Waals surface area contributed by atoms with Crippen molar-refractivity contribution in [2.75, 3.05) is 13.7 Å². The maximum Gasteiger partial charge on any atom is 0.241 e.